The van der Waals surface area contributed by atoms with Crippen LogP contribution in [0.5, 0.6) is 11.5 Å². The van der Waals surface area contributed by atoms with Gasteiger partial charge in [-0.1, -0.05) is 12.1 Å². The molecule has 0 aliphatic heterocycles. The molecule has 0 radical (unpaired) electrons. The molecule has 0 saturated heterocycles. The second-order valence-corrected chi connectivity index (χ2v) is 8.16. The normalized spacial score (nSPS) is 10.9. The third-order valence-corrected chi connectivity index (χ3v) is 5.07. The van der Waals surface area contributed by atoms with Gasteiger partial charge < -0.3 is 25.1 Å². The molecule has 1 heterocycles. The largest absolute Gasteiger partial charge is 0.493 e. The molecule has 9 heteroatoms. The number of imidazole rings is 1. The number of methoxy groups -OCH3 is 1. The Morgan fingerprint density at radius 3 is 2.63 bits per heavy atom. The molecular weight excluding hydrogens is 451 g/mol. The zero-order valence-electron chi connectivity index (χ0n) is 19.5. The van der Waals surface area contributed by atoms with E-state index < -0.39 is 0 Å². The van der Waals surface area contributed by atoms with Crippen molar-refractivity contribution in [3.05, 3.63) is 72.0 Å². The van der Waals surface area contributed by atoms with E-state index in [1.807, 2.05) is 13.8 Å². The van der Waals surface area contributed by atoms with Crippen molar-refractivity contribution >= 4 is 28.5 Å². The molecule has 4 aromatic rings. The summed E-state index contributed by atoms with van der Waals surface area (Å²) in [5.41, 5.74) is 2.92. The van der Waals surface area contributed by atoms with Crippen LogP contribution in [0.4, 0.5) is 10.1 Å². The lowest BCUT2D eigenvalue weighted by atomic mass is 10.1. The quantitative estimate of drug-likeness (QED) is 0.346. The minimum Gasteiger partial charge on any atom is -0.493 e. The van der Waals surface area contributed by atoms with Crippen molar-refractivity contribution < 1.29 is 23.5 Å². The van der Waals surface area contributed by atoms with Crippen molar-refractivity contribution in [3.8, 4) is 22.9 Å². The summed E-state index contributed by atoms with van der Waals surface area (Å²) < 4.78 is 24.4. The molecule has 8 nitrogen and oxygen atoms in total. The van der Waals surface area contributed by atoms with E-state index in [4.69, 9.17) is 9.47 Å². The zero-order chi connectivity index (χ0) is 24.9. The Hall–Kier alpha value is -4.40. The summed E-state index contributed by atoms with van der Waals surface area (Å²) in [5.74, 6) is 0.271. The monoisotopic (exact) mass is 476 g/mol. The molecule has 0 unspecified atom stereocenters. The molecule has 0 atom stereocenters. The second-order valence-electron chi connectivity index (χ2n) is 8.16. The maximum atomic E-state index is 13.6. The van der Waals surface area contributed by atoms with E-state index in [9.17, 15) is 14.0 Å². The number of nitrogens with one attached hydrogen (secondary N) is 3. The fourth-order valence-corrected chi connectivity index (χ4v) is 3.50. The fraction of sp³-hybridized carbons (Fsp3) is 0.192. The average Bonchev–Trinajstić information content (AvgIpc) is 3.26. The van der Waals surface area contributed by atoms with Crippen LogP contribution in [0.1, 0.15) is 24.2 Å². The third-order valence-electron chi connectivity index (χ3n) is 5.07. The number of fused-ring (bicyclic) bond motifs is 1. The number of aromatic amines is 1. The molecule has 0 saturated carbocycles. The Morgan fingerprint density at radius 2 is 1.89 bits per heavy atom. The SMILES string of the molecule is COc1cc(C(=O)Nc2ccc3nc(-c4cccc(F)c4)[nH]c3c2)ccc1OCC(=O)NC(C)C. The number of ether oxygens (including phenoxy) is 2. The molecular formula is C26H25FN4O4. The summed E-state index contributed by atoms with van der Waals surface area (Å²) in [7, 11) is 1.46. The van der Waals surface area contributed by atoms with Gasteiger partial charge in [-0.05, 0) is 62.4 Å². The van der Waals surface area contributed by atoms with Crippen molar-refractivity contribution in [1.29, 1.82) is 0 Å². The van der Waals surface area contributed by atoms with Crippen LogP contribution >= 0.6 is 0 Å². The van der Waals surface area contributed by atoms with Crippen LogP contribution < -0.4 is 20.1 Å². The highest BCUT2D eigenvalue weighted by molar-refractivity contribution is 6.05. The highest BCUT2D eigenvalue weighted by atomic mass is 19.1. The molecule has 1 aromatic heterocycles. The smallest absolute Gasteiger partial charge is 0.258 e. The van der Waals surface area contributed by atoms with Crippen LogP contribution in [0.2, 0.25) is 0 Å². The Bertz CT molecular complexity index is 1380. The van der Waals surface area contributed by atoms with E-state index in [2.05, 4.69) is 20.6 Å². The van der Waals surface area contributed by atoms with Gasteiger partial charge in [0.1, 0.15) is 11.6 Å². The number of rotatable bonds is 8. The first-order chi connectivity index (χ1) is 16.8. The summed E-state index contributed by atoms with van der Waals surface area (Å²) >= 11 is 0. The van der Waals surface area contributed by atoms with E-state index in [1.165, 1.54) is 19.2 Å². The van der Waals surface area contributed by atoms with E-state index in [-0.39, 0.29) is 30.3 Å². The highest BCUT2D eigenvalue weighted by Crippen LogP contribution is 2.29. The molecule has 180 valence electrons. The number of halogens is 1. The molecule has 35 heavy (non-hydrogen) atoms. The number of hydrogen-bond acceptors (Lipinski definition) is 5. The maximum absolute atomic E-state index is 13.6. The van der Waals surface area contributed by atoms with Gasteiger partial charge in [-0.3, -0.25) is 9.59 Å². The van der Waals surface area contributed by atoms with E-state index >= 15 is 0 Å². The maximum Gasteiger partial charge on any atom is 0.258 e. The van der Waals surface area contributed by atoms with Crippen LogP contribution in [-0.4, -0.2) is 41.5 Å². The van der Waals surface area contributed by atoms with Gasteiger partial charge in [0.25, 0.3) is 11.8 Å². The van der Waals surface area contributed by atoms with E-state index in [0.717, 1.165) is 0 Å². The van der Waals surface area contributed by atoms with Crippen molar-refractivity contribution in [2.45, 2.75) is 19.9 Å². The number of amides is 2. The molecule has 0 aliphatic rings. The van der Waals surface area contributed by atoms with Crippen LogP contribution in [0.3, 0.4) is 0 Å². The van der Waals surface area contributed by atoms with Crippen LogP contribution in [0, 0.1) is 5.82 Å². The average molecular weight is 477 g/mol. The molecule has 4 rings (SSSR count). The number of H-pyrrole nitrogens is 1. The van der Waals surface area contributed by atoms with E-state index in [1.54, 1.807) is 48.5 Å². The van der Waals surface area contributed by atoms with Crippen molar-refractivity contribution in [2.75, 3.05) is 19.0 Å². The minimum atomic E-state index is -0.350. The summed E-state index contributed by atoms with van der Waals surface area (Å²) in [6.45, 7) is 3.56. The van der Waals surface area contributed by atoms with Crippen molar-refractivity contribution in [3.63, 3.8) is 0 Å². The molecule has 2 amide bonds. The number of benzene rings is 3. The van der Waals surface area contributed by atoms with Gasteiger partial charge in [0.05, 0.1) is 18.1 Å². The summed E-state index contributed by atoms with van der Waals surface area (Å²) in [4.78, 5) is 32.3. The lowest BCUT2D eigenvalue weighted by molar-refractivity contribution is -0.123. The van der Waals surface area contributed by atoms with Gasteiger partial charge in [0.15, 0.2) is 18.1 Å². The molecule has 0 aliphatic carbocycles. The third kappa shape index (κ3) is 5.75. The number of carbonyl (C=O) groups excluding carboxylic acids is 2. The second kappa shape index (κ2) is 10.3. The van der Waals surface area contributed by atoms with Gasteiger partial charge in [-0.15, -0.1) is 0 Å². The van der Waals surface area contributed by atoms with Crippen molar-refractivity contribution in [2.24, 2.45) is 0 Å². The topological polar surface area (TPSA) is 105 Å². The van der Waals surface area contributed by atoms with Crippen LogP contribution in [-0.2, 0) is 4.79 Å². The van der Waals surface area contributed by atoms with Gasteiger partial charge in [-0.2, -0.15) is 0 Å². The number of aromatic nitrogens is 2. The zero-order valence-corrected chi connectivity index (χ0v) is 19.5. The van der Waals surface area contributed by atoms with Crippen LogP contribution in [0.15, 0.2) is 60.7 Å². The van der Waals surface area contributed by atoms with Crippen molar-refractivity contribution in [1.82, 2.24) is 15.3 Å². The molecule has 0 bridgehead atoms. The van der Waals surface area contributed by atoms with Crippen LogP contribution in [0.25, 0.3) is 22.4 Å². The minimum absolute atomic E-state index is 0.00738. The summed E-state index contributed by atoms with van der Waals surface area (Å²) in [6.07, 6.45) is 0. The summed E-state index contributed by atoms with van der Waals surface area (Å²) in [5, 5.41) is 5.58. The number of nitrogens with zero attached hydrogens (tertiary/aromatic N) is 1. The first-order valence-corrected chi connectivity index (χ1v) is 11.0. The standard InChI is InChI=1S/C26H25FN4O4/c1-15(2)28-24(32)14-35-22-10-7-17(12-23(22)34-3)26(33)29-19-8-9-20-21(13-19)31-25(30-20)16-5-4-6-18(27)11-16/h4-13,15H,14H2,1-3H3,(H,28,32)(H,29,33)(H,30,31). The highest BCUT2D eigenvalue weighted by Gasteiger charge is 2.14. The fourth-order valence-electron chi connectivity index (χ4n) is 3.50. The first kappa shape index (κ1) is 23.7. The Labute approximate surface area is 201 Å². The predicted molar refractivity (Wildman–Crippen MR) is 131 cm³/mol. The number of carbonyl (C=O) groups is 2. The molecule has 3 N–H and O–H groups in total. The molecule has 0 fully saturated rings. The predicted octanol–water partition coefficient (Wildman–Crippen LogP) is 4.53. The first-order valence-electron chi connectivity index (χ1n) is 11.0. The number of anilines is 1. The van der Waals surface area contributed by atoms with Gasteiger partial charge in [0.2, 0.25) is 0 Å². The molecule has 0 spiro atoms. The van der Waals surface area contributed by atoms with Gasteiger partial charge >= 0.3 is 0 Å². The Morgan fingerprint density at radius 1 is 1.06 bits per heavy atom. The van der Waals surface area contributed by atoms with Gasteiger partial charge in [0, 0.05) is 22.9 Å². The Balaban J connectivity index is 1.47. The number of hydrogen-bond donors (Lipinski definition) is 3. The Kier molecular flexibility index (Phi) is 6.96. The van der Waals surface area contributed by atoms with Gasteiger partial charge in [-0.25, -0.2) is 9.37 Å². The molecule has 3 aromatic carbocycles. The lowest BCUT2D eigenvalue weighted by Gasteiger charge is -2.13. The summed E-state index contributed by atoms with van der Waals surface area (Å²) in [6, 6.07) is 16.1. The van der Waals surface area contributed by atoms with E-state index in [0.29, 0.717) is 45.2 Å². The lowest BCUT2D eigenvalue weighted by Crippen LogP contribution is -2.34.